The molecule has 0 atom stereocenters. The predicted octanol–water partition coefficient (Wildman–Crippen LogP) is 2.97. The number of nitro groups is 2. The van der Waals surface area contributed by atoms with Gasteiger partial charge < -0.3 is 10.1 Å². The fourth-order valence-electron chi connectivity index (χ4n) is 2.72. The summed E-state index contributed by atoms with van der Waals surface area (Å²) in [5.41, 5.74) is 4.34. The van der Waals surface area contributed by atoms with Crippen LogP contribution in [0.15, 0.2) is 54.9 Å². The van der Waals surface area contributed by atoms with Crippen molar-refractivity contribution in [3.63, 3.8) is 0 Å². The van der Waals surface area contributed by atoms with Gasteiger partial charge in [0.15, 0.2) is 0 Å². The van der Waals surface area contributed by atoms with Gasteiger partial charge in [-0.25, -0.2) is 14.8 Å². The number of anilines is 3. The topological polar surface area (TPSA) is 192 Å². The molecule has 1 aromatic heterocycles. The van der Waals surface area contributed by atoms with Crippen molar-refractivity contribution in [1.29, 1.82) is 0 Å². The molecule has 1 heterocycles. The van der Waals surface area contributed by atoms with E-state index in [1.807, 2.05) is 0 Å². The molecule has 0 aliphatic rings. The molecule has 3 rings (SSSR count). The van der Waals surface area contributed by atoms with Gasteiger partial charge in [-0.2, -0.15) is 0 Å². The van der Waals surface area contributed by atoms with Gasteiger partial charge in [0, 0.05) is 23.4 Å². The predicted molar refractivity (Wildman–Crippen MR) is 119 cm³/mol. The van der Waals surface area contributed by atoms with E-state index in [-0.39, 0.29) is 29.5 Å². The fourth-order valence-corrected chi connectivity index (χ4v) is 2.72. The number of benzene rings is 2. The molecule has 3 aromatic rings. The van der Waals surface area contributed by atoms with E-state index in [1.54, 1.807) is 6.92 Å². The first-order chi connectivity index (χ1) is 16.3. The summed E-state index contributed by atoms with van der Waals surface area (Å²) >= 11 is 0. The molecular weight excluding hydrogens is 450 g/mol. The van der Waals surface area contributed by atoms with E-state index >= 15 is 0 Å². The van der Waals surface area contributed by atoms with Crippen LogP contribution in [0.3, 0.4) is 0 Å². The van der Waals surface area contributed by atoms with Crippen LogP contribution in [0.2, 0.25) is 0 Å². The number of non-ortho nitro benzene ring substituents is 1. The smallest absolute Gasteiger partial charge is 0.355 e. The zero-order valence-electron chi connectivity index (χ0n) is 17.5. The number of carbonyl (C=O) groups excluding carboxylic acids is 2. The maximum atomic E-state index is 12.3. The van der Waals surface area contributed by atoms with E-state index in [0.29, 0.717) is 11.3 Å². The Morgan fingerprint density at radius 1 is 0.971 bits per heavy atom. The number of carbonyl (C=O) groups is 2. The number of ether oxygens (including phenoxy) is 1. The minimum atomic E-state index is -0.777. The number of nitro benzene ring substituents is 1. The SMILES string of the molecule is CCOC(=O)c1ccc(Nc2ncnc(NNC(=O)c3cccc([N+](=O)[O-])c3)c2[N+](=O)[O-])cc1. The molecule has 0 bridgehead atoms. The molecule has 0 aliphatic carbocycles. The number of esters is 1. The van der Waals surface area contributed by atoms with Crippen molar-refractivity contribution < 1.29 is 24.2 Å². The number of nitrogens with zero attached hydrogens (tertiary/aromatic N) is 4. The van der Waals surface area contributed by atoms with Crippen molar-refractivity contribution in [2.45, 2.75) is 6.92 Å². The van der Waals surface area contributed by atoms with Gasteiger partial charge in [-0.3, -0.25) is 35.9 Å². The lowest BCUT2D eigenvalue weighted by atomic mass is 10.2. The first kappa shape index (κ1) is 23.5. The lowest BCUT2D eigenvalue weighted by Gasteiger charge is -2.11. The summed E-state index contributed by atoms with van der Waals surface area (Å²) in [7, 11) is 0. The van der Waals surface area contributed by atoms with Crippen LogP contribution in [0.25, 0.3) is 0 Å². The van der Waals surface area contributed by atoms with E-state index in [2.05, 4.69) is 26.1 Å². The van der Waals surface area contributed by atoms with E-state index in [9.17, 15) is 29.8 Å². The Labute approximate surface area is 191 Å². The summed E-state index contributed by atoms with van der Waals surface area (Å²) in [5.74, 6) is -1.80. The van der Waals surface area contributed by atoms with Crippen molar-refractivity contribution in [3.8, 4) is 0 Å². The Kier molecular flexibility index (Phi) is 7.23. The minimum Gasteiger partial charge on any atom is -0.462 e. The molecular formula is C20H17N7O7. The van der Waals surface area contributed by atoms with Crippen LogP contribution in [-0.4, -0.2) is 38.3 Å². The third-order valence-electron chi connectivity index (χ3n) is 4.28. The van der Waals surface area contributed by atoms with Gasteiger partial charge in [0.1, 0.15) is 6.33 Å². The van der Waals surface area contributed by atoms with E-state index < -0.39 is 27.4 Å². The molecule has 14 heteroatoms. The summed E-state index contributed by atoms with van der Waals surface area (Å²) in [6, 6.07) is 10.9. The molecule has 0 aliphatic heterocycles. The van der Waals surface area contributed by atoms with Gasteiger partial charge in [-0.15, -0.1) is 0 Å². The average Bonchev–Trinajstić information content (AvgIpc) is 2.83. The van der Waals surface area contributed by atoms with Gasteiger partial charge in [-0.05, 0) is 37.3 Å². The van der Waals surface area contributed by atoms with Crippen molar-refractivity contribution in [2.24, 2.45) is 0 Å². The quantitative estimate of drug-likeness (QED) is 0.238. The Morgan fingerprint density at radius 2 is 1.68 bits per heavy atom. The van der Waals surface area contributed by atoms with Crippen molar-refractivity contribution in [1.82, 2.24) is 15.4 Å². The van der Waals surface area contributed by atoms with Crippen LogP contribution in [0.5, 0.6) is 0 Å². The summed E-state index contributed by atoms with van der Waals surface area (Å²) < 4.78 is 4.90. The number of hydrazine groups is 1. The second kappa shape index (κ2) is 10.4. The lowest BCUT2D eigenvalue weighted by molar-refractivity contribution is -0.384. The molecule has 34 heavy (non-hydrogen) atoms. The van der Waals surface area contributed by atoms with Crippen molar-refractivity contribution in [2.75, 3.05) is 17.3 Å². The minimum absolute atomic E-state index is 0.0431. The highest BCUT2D eigenvalue weighted by Gasteiger charge is 2.24. The maximum absolute atomic E-state index is 12.3. The molecule has 0 saturated carbocycles. The maximum Gasteiger partial charge on any atom is 0.355 e. The zero-order valence-corrected chi connectivity index (χ0v) is 17.5. The van der Waals surface area contributed by atoms with Crippen LogP contribution in [0.1, 0.15) is 27.6 Å². The third-order valence-corrected chi connectivity index (χ3v) is 4.28. The van der Waals surface area contributed by atoms with Crippen molar-refractivity contribution >= 4 is 40.6 Å². The molecule has 0 unspecified atom stereocenters. The summed E-state index contributed by atoms with van der Waals surface area (Å²) in [5, 5.41) is 25.3. The van der Waals surface area contributed by atoms with Crippen LogP contribution < -0.4 is 16.2 Å². The highest BCUT2D eigenvalue weighted by Crippen LogP contribution is 2.30. The molecule has 2 aromatic carbocycles. The first-order valence-electron chi connectivity index (χ1n) is 9.64. The highest BCUT2D eigenvalue weighted by molar-refractivity contribution is 5.95. The lowest BCUT2D eigenvalue weighted by Crippen LogP contribution is -2.30. The molecule has 0 radical (unpaired) electrons. The zero-order chi connectivity index (χ0) is 24.7. The second-order valence-electron chi connectivity index (χ2n) is 6.49. The molecule has 1 amide bonds. The van der Waals surface area contributed by atoms with Gasteiger partial charge in [-0.1, -0.05) is 6.07 Å². The van der Waals surface area contributed by atoms with E-state index in [4.69, 9.17) is 4.74 Å². The molecule has 0 saturated heterocycles. The van der Waals surface area contributed by atoms with E-state index in [1.165, 1.54) is 42.5 Å². The largest absolute Gasteiger partial charge is 0.462 e. The Balaban J connectivity index is 1.78. The Morgan fingerprint density at radius 3 is 2.32 bits per heavy atom. The summed E-state index contributed by atoms with van der Waals surface area (Å²) in [6.45, 7) is 1.90. The highest BCUT2D eigenvalue weighted by atomic mass is 16.6. The second-order valence-corrected chi connectivity index (χ2v) is 6.49. The normalized spacial score (nSPS) is 10.1. The fraction of sp³-hybridized carbons (Fsp3) is 0.100. The van der Waals surface area contributed by atoms with Crippen molar-refractivity contribution in [3.05, 3.63) is 86.2 Å². The number of rotatable bonds is 9. The molecule has 14 nitrogen and oxygen atoms in total. The number of amides is 1. The molecule has 174 valence electrons. The van der Waals surface area contributed by atoms with Gasteiger partial charge >= 0.3 is 11.7 Å². The van der Waals surface area contributed by atoms with E-state index in [0.717, 1.165) is 12.4 Å². The first-order valence-corrected chi connectivity index (χ1v) is 9.64. The van der Waals surface area contributed by atoms with Crippen LogP contribution >= 0.6 is 0 Å². The number of hydrogen-bond donors (Lipinski definition) is 3. The Bertz CT molecular complexity index is 1250. The number of aromatic nitrogens is 2. The third kappa shape index (κ3) is 5.56. The monoisotopic (exact) mass is 467 g/mol. The average molecular weight is 467 g/mol. The van der Waals surface area contributed by atoms with Crippen LogP contribution in [0, 0.1) is 20.2 Å². The number of hydrogen-bond acceptors (Lipinski definition) is 11. The summed E-state index contributed by atoms with van der Waals surface area (Å²) in [4.78, 5) is 52.9. The molecule has 0 fully saturated rings. The Hall–Kier alpha value is -5.14. The van der Waals surface area contributed by atoms with Gasteiger partial charge in [0.2, 0.25) is 11.6 Å². The van der Waals surface area contributed by atoms with Crippen LogP contribution in [-0.2, 0) is 4.74 Å². The standard InChI is InChI=1S/C20H17N7O7/c1-2-34-20(29)12-6-8-14(9-7-12)23-17-16(27(32)33)18(22-11-21-17)24-25-19(28)13-4-3-5-15(10-13)26(30)31/h3-11H,2H2,1H3,(H,25,28)(H2,21,22,23,24). The molecule has 0 spiro atoms. The summed E-state index contributed by atoms with van der Waals surface area (Å²) in [6.07, 6.45) is 1.03. The molecule has 3 N–H and O–H groups in total. The number of nitrogens with one attached hydrogen (secondary N) is 3. The van der Waals surface area contributed by atoms with Gasteiger partial charge in [0.25, 0.3) is 11.6 Å². The van der Waals surface area contributed by atoms with Crippen LogP contribution in [0.4, 0.5) is 28.7 Å². The van der Waals surface area contributed by atoms with Gasteiger partial charge in [0.05, 0.1) is 22.0 Å².